The number of carboxylic acids is 1. The van der Waals surface area contributed by atoms with Crippen molar-refractivity contribution in [2.24, 2.45) is 0 Å². The van der Waals surface area contributed by atoms with Crippen LogP contribution in [-0.4, -0.2) is 47.2 Å². The highest BCUT2D eigenvalue weighted by Gasteiger charge is 2.42. The zero-order chi connectivity index (χ0) is 17.3. The number of hydrogen-bond acceptors (Lipinski definition) is 5. The van der Waals surface area contributed by atoms with Gasteiger partial charge in [0, 0.05) is 43.3 Å². The molecule has 0 saturated carbocycles. The minimum absolute atomic E-state index is 0.275. The lowest BCUT2D eigenvalue weighted by Gasteiger charge is -2.44. The molecule has 4 heterocycles. The van der Waals surface area contributed by atoms with Crippen LogP contribution in [0.1, 0.15) is 38.5 Å². The molecule has 1 fully saturated rings. The third-order valence-electron chi connectivity index (χ3n) is 5.32. The first-order chi connectivity index (χ1) is 12.2. The van der Waals surface area contributed by atoms with Gasteiger partial charge in [-0.1, -0.05) is 6.07 Å². The molecule has 1 N–H and O–H groups in total. The van der Waals surface area contributed by atoms with E-state index in [0.29, 0.717) is 11.5 Å². The van der Waals surface area contributed by atoms with E-state index in [-0.39, 0.29) is 5.60 Å². The average Bonchev–Trinajstić information content (AvgIpc) is 3.09. The van der Waals surface area contributed by atoms with E-state index in [0.717, 1.165) is 50.9 Å². The molecule has 0 bridgehead atoms. The van der Waals surface area contributed by atoms with Crippen LogP contribution in [0.5, 0.6) is 0 Å². The fourth-order valence-electron chi connectivity index (χ4n) is 3.91. The summed E-state index contributed by atoms with van der Waals surface area (Å²) in [5.41, 5.74) is 2.12. The van der Waals surface area contributed by atoms with E-state index in [1.165, 1.54) is 21.8 Å². The molecule has 0 radical (unpaired) electrons. The van der Waals surface area contributed by atoms with E-state index in [4.69, 9.17) is 4.74 Å². The van der Waals surface area contributed by atoms with Gasteiger partial charge in [0.05, 0.1) is 12.2 Å². The second kappa shape index (κ2) is 6.86. The van der Waals surface area contributed by atoms with E-state index in [2.05, 4.69) is 16.0 Å². The van der Waals surface area contributed by atoms with Gasteiger partial charge in [-0.05, 0) is 42.5 Å². The van der Waals surface area contributed by atoms with Crippen LogP contribution >= 0.6 is 11.3 Å². The minimum Gasteiger partial charge on any atom is -0.477 e. The molecule has 0 aromatic carbocycles. The van der Waals surface area contributed by atoms with Crippen molar-refractivity contribution in [3.8, 4) is 0 Å². The Morgan fingerprint density at radius 1 is 1.40 bits per heavy atom. The van der Waals surface area contributed by atoms with Gasteiger partial charge in [0.2, 0.25) is 0 Å². The number of aromatic nitrogens is 1. The first kappa shape index (κ1) is 16.7. The normalized spacial score (nSPS) is 19.7. The molecule has 2 aliphatic heterocycles. The van der Waals surface area contributed by atoms with Crippen molar-refractivity contribution < 1.29 is 14.6 Å². The van der Waals surface area contributed by atoms with Crippen molar-refractivity contribution in [2.45, 2.75) is 31.3 Å². The molecule has 132 valence electrons. The first-order valence-electron chi connectivity index (χ1n) is 8.78. The molecule has 1 saturated heterocycles. The van der Waals surface area contributed by atoms with E-state index in [1.807, 2.05) is 18.3 Å². The van der Waals surface area contributed by atoms with Crippen molar-refractivity contribution in [2.75, 3.05) is 26.2 Å². The number of aromatic carboxylic acids is 1. The summed E-state index contributed by atoms with van der Waals surface area (Å²) >= 11 is 1.42. The lowest BCUT2D eigenvalue weighted by Crippen LogP contribution is -2.46. The monoisotopic (exact) mass is 358 g/mol. The molecule has 5 nitrogen and oxygen atoms in total. The molecule has 6 heteroatoms. The number of fused-ring (bicyclic) bond motifs is 2. The number of carbonyl (C=O) groups is 1. The van der Waals surface area contributed by atoms with E-state index < -0.39 is 5.97 Å². The molecule has 1 spiro atoms. The van der Waals surface area contributed by atoms with Crippen molar-refractivity contribution >= 4 is 17.3 Å². The summed E-state index contributed by atoms with van der Waals surface area (Å²) in [7, 11) is 0. The molecule has 2 aliphatic rings. The summed E-state index contributed by atoms with van der Waals surface area (Å²) in [6.45, 7) is 3.69. The lowest BCUT2D eigenvalue weighted by atomic mass is 9.82. The van der Waals surface area contributed by atoms with Crippen LogP contribution in [0, 0.1) is 0 Å². The molecular weight excluding hydrogens is 336 g/mol. The van der Waals surface area contributed by atoms with Gasteiger partial charge >= 0.3 is 5.97 Å². The Balaban J connectivity index is 1.42. The van der Waals surface area contributed by atoms with Gasteiger partial charge in [0.1, 0.15) is 4.88 Å². The number of rotatable bonds is 4. The third kappa shape index (κ3) is 3.34. The summed E-state index contributed by atoms with van der Waals surface area (Å²) < 4.78 is 6.21. The zero-order valence-electron chi connectivity index (χ0n) is 14.1. The van der Waals surface area contributed by atoms with Gasteiger partial charge in [-0.15, -0.1) is 11.3 Å². The highest BCUT2D eigenvalue weighted by Crippen LogP contribution is 2.44. The number of hydrogen-bond donors (Lipinski definition) is 1. The van der Waals surface area contributed by atoms with Crippen LogP contribution in [-0.2, 0) is 23.2 Å². The SMILES string of the molecule is O=C(O)c1cc2c(s1)CCOC21CCN(CCc2cccnc2)CC1. The molecular formula is C19H22N2O3S. The summed E-state index contributed by atoms with van der Waals surface area (Å²) in [4.78, 5) is 19.6. The number of nitrogens with zero attached hydrogens (tertiary/aromatic N) is 2. The van der Waals surface area contributed by atoms with Crippen molar-refractivity contribution in [3.63, 3.8) is 0 Å². The fraction of sp³-hybridized carbons (Fsp3) is 0.474. The second-order valence-corrected chi connectivity index (χ2v) is 7.94. The topological polar surface area (TPSA) is 62.7 Å². The summed E-state index contributed by atoms with van der Waals surface area (Å²) in [5.74, 6) is -0.830. The predicted molar refractivity (Wildman–Crippen MR) is 96.2 cm³/mol. The molecule has 0 atom stereocenters. The van der Waals surface area contributed by atoms with Gasteiger partial charge in [0.25, 0.3) is 0 Å². The summed E-state index contributed by atoms with van der Waals surface area (Å²) in [6.07, 6.45) is 7.44. The van der Waals surface area contributed by atoms with Crippen LogP contribution in [0.15, 0.2) is 30.6 Å². The Labute approximate surface area is 151 Å². The van der Waals surface area contributed by atoms with Gasteiger partial charge in [-0.3, -0.25) is 4.98 Å². The predicted octanol–water partition coefficient (Wildman–Crippen LogP) is 2.95. The molecule has 4 rings (SSSR count). The second-order valence-electron chi connectivity index (χ2n) is 6.80. The Morgan fingerprint density at radius 2 is 2.24 bits per heavy atom. The average molecular weight is 358 g/mol. The standard InChI is InChI=1S/C19H22N2O3S/c22-18(23)17-12-15-16(25-17)4-11-24-19(15)5-9-21(10-6-19)8-3-14-2-1-7-20-13-14/h1-2,7,12-13H,3-6,8-11H2,(H,22,23). The van der Waals surface area contributed by atoms with Crippen molar-refractivity contribution in [3.05, 3.63) is 51.5 Å². The van der Waals surface area contributed by atoms with Crippen LogP contribution in [0.2, 0.25) is 0 Å². The highest BCUT2D eigenvalue weighted by molar-refractivity contribution is 7.14. The van der Waals surface area contributed by atoms with Crippen LogP contribution in [0.25, 0.3) is 0 Å². The maximum absolute atomic E-state index is 11.3. The van der Waals surface area contributed by atoms with Gasteiger partial charge in [0.15, 0.2) is 0 Å². The minimum atomic E-state index is -0.830. The molecule has 2 aromatic rings. The van der Waals surface area contributed by atoms with Crippen LogP contribution in [0.4, 0.5) is 0 Å². The summed E-state index contributed by atoms with van der Waals surface area (Å²) in [6, 6.07) is 5.95. The summed E-state index contributed by atoms with van der Waals surface area (Å²) in [5, 5.41) is 9.30. The number of carboxylic acid groups (broad SMARTS) is 1. The largest absolute Gasteiger partial charge is 0.477 e. The maximum atomic E-state index is 11.3. The van der Waals surface area contributed by atoms with Crippen LogP contribution in [0.3, 0.4) is 0 Å². The molecule has 0 unspecified atom stereocenters. The number of likely N-dealkylation sites (tertiary alicyclic amines) is 1. The van der Waals surface area contributed by atoms with E-state index in [1.54, 1.807) is 6.20 Å². The number of piperidine rings is 1. The molecule has 25 heavy (non-hydrogen) atoms. The maximum Gasteiger partial charge on any atom is 0.345 e. The first-order valence-corrected chi connectivity index (χ1v) is 9.60. The fourth-order valence-corrected chi connectivity index (χ4v) is 4.98. The lowest BCUT2D eigenvalue weighted by molar-refractivity contribution is -0.0969. The molecule has 2 aromatic heterocycles. The Morgan fingerprint density at radius 3 is 2.96 bits per heavy atom. The third-order valence-corrected chi connectivity index (χ3v) is 6.50. The number of pyridine rings is 1. The van der Waals surface area contributed by atoms with Crippen LogP contribution < -0.4 is 0 Å². The van der Waals surface area contributed by atoms with E-state index in [9.17, 15) is 9.90 Å². The highest BCUT2D eigenvalue weighted by atomic mass is 32.1. The smallest absolute Gasteiger partial charge is 0.345 e. The van der Waals surface area contributed by atoms with Gasteiger partial charge in [-0.2, -0.15) is 0 Å². The zero-order valence-corrected chi connectivity index (χ0v) is 14.9. The quantitative estimate of drug-likeness (QED) is 0.910. The number of thiophene rings is 1. The van der Waals surface area contributed by atoms with Gasteiger partial charge < -0.3 is 14.7 Å². The van der Waals surface area contributed by atoms with Gasteiger partial charge in [-0.25, -0.2) is 4.79 Å². The number of ether oxygens (including phenoxy) is 1. The van der Waals surface area contributed by atoms with E-state index >= 15 is 0 Å². The molecule has 0 aliphatic carbocycles. The Bertz CT molecular complexity index is 751. The Kier molecular flexibility index (Phi) is 4.58. The van der Waals surface area contributed by atoms with Crippen molar-refractivity contribution in [1.82, 2.24) is 9.88 Å². The Hall–Kier alpha value is -1.76. The molecule has 0 amide bonds. The van der Waals surface area contributed by atoms with Crippen molar-refractivity contribution in [1.29, 1.82) is 0 Å².